The fourth-order valence-corrected chi connectivity index (χ4v) is 4.19. The number of hydrogen-bond acceptors (Lipinski definition) is 11. The number of ether oxygens (including phenoxy) is 2. The van der Waals surface area contributed by atoms with E-state index in [-0.39, 0.29) is 43.2 Å². The number of anilines is 1. The first-order valence-electron chi connectivity index (χ1n) is 10.3. The van der Waals surface area contributed by atoms with Crippen LogP contribution in [0.5, 0.6) is 0 Å². The number of hydrogen-bond donors (Lipinski definition) is 2. The number of aromatic nitrogens is 2. The Hall–Kier alpha value is -3.04. The number of esters is 1. The van der Waals surface area contributed by atoms with Gasteiger partial charge in [-0.1, -0.05) is 0 Å². The van der Waals surface area contributed by atoms with Crippen LogP contribution in [0.1, 0.15) is 40.0 Å². The summed E-state index contributed by atoms with van der Waals surface area (Å²) < 4.78 is 16.1. The van der Waals surface area contributed by atoms with Crippen LogP contribution in [0.2, 0.25) is 0 Å². The summed E-state index contributed by atoms with van der Waals surface area (Å²) in [6.07, 6.45) is 0.769. The molecule has 0 bridgehead atoms. The molecule has 2 aromatic rings. The fraction of sp³-hybridized carbons (Fsp3) is 0.600. The third kappa shape index (κ3) is 5.41. The van der Waals surface area contributed by atoms with E-state index in [0.717, 1.165) is 0 Å². The minimum atomic E-state index is -1.20. The van der Waals surface area contributed by atoms with Crippen LogP contribution in [-0.2, 0) is 19.1 Å². The lowest BCUT2D eigenvalue weighted by molar-refractivity contribution is -0.148. The maximum Gasteiger partial charge on any atom is 0.442 e. The zero-order valence-electron chi connectivity index (χ0n) is 18.0. The van der Waals surface area contributed by atoms with Crippen LogP contribution in [0.3, 0.4) is 0 Å². The summed E-state index contributed by atoms with van der Waals surface area (Å²) in [4.78, 5) is 44.8. The van der Waals surface area contributed by atoms with E-state index >= 15 is 0 Å². The predicted octanol–water partition coefficient (Wildman–Crippen LogP) is 1.59. The topological polar surface area (TPSA) is 156 Å². The highest BCUT2D eigenvalue weighted by molar-refractivity contribution is 7.17. The predicted molar refractivity (Wildman–Crippen MR) is 115 cm³/mol. The molecule has 2 N–H and O–H groups in total. The van der Waals surface area contributed by atoms with E-state index in [1.807, 2.05) is 13.8 Å². The van der Waals surface area contributed by atoms with Crippen molar-refractivity contribution in [1.82, 2.24) is 15.3 Å². The molecule has 1 saturated carbocycles. The molecule has 2 aromatic heterocycles. The first kappa shape index (κ1) is 23.6. The van der Waals surface area contributed by atoms with Gasteiger partial charge in [0.1, 0.15) is 16.3 Å². The monoisotopic (exact) mass is 463 g/mol. The number of nitrogens with one attached hydrogen (secondary N) is 2. The Kier molecular flexibility index (Phi) is 7.42. The standard InChI is InChI=1S/C20H25N5O6S/c1-4-29-18(27)12-5-6-20(7-12,9-21)25-16(26)13(8-30-11(2)3)23-15-14-17(22-10-32-14)31-19(28)24-15/h10-13H,4-8H2,1-3H3,(H,25,26)(H,23,24,28). The molecule has 0 radical (unpaired) electrons. The van der Waals surface area contributed by atoms with Gasteiger partial charge in [-0.05, 0) is 40.0 Å². The van der Waals surface area contributed by atoms with E-state index in [2.05, 4.69) is 26.7 Å². The largest absolute Gasteiger partial charge is 0.466 e. The minimum Gasteiger partial charge on any atom is -0.466 e. The van der Waals surface area contributed by atoms with E-state index < -0.39 is 29.2 Å². The first-order valence-corrected chi connectivity index (χ1v) is 11.2. The third-order valence-corrected chi connectivity index (χ3v) is 5.89. The van der Waals surface area contributed by atoms with Gasteiger partial charge < -0.3 is 24.5 Å². The van der Waals surface area contributed by atoms with Crippen LogP contribution in [0.25, 0.3) is 10.4 Å². The first-order chi connectivity index (χ1) is 15.3. The second kappa shape index (κ2) is 10.1. The number of fused-ring (bicyclic) bond motifs is 1. The Morgan fingerprint density at radius 3 is 2.94 bits per heavy atom. The van der Waals surface area contributed by atoms with Crippen molar-refractivity contribution in [1.29, 1.82) is 5.26 Å². The number of carbonyl (C=O) groups is 2. The van der Waals surface area contributed by atoms with Crippen molar-refractivity contribution in [3.63, 3.8) is 0 Å². The Bertz CT molecular complexity index is 1080. The highest BCUT2D eigenvalue weighted by atomic mass is 32.1. The Labute approximate surface area is 188 Å². The molecular formula is C20H25N5O6S. The summed E-state index contributed by atoms with van der Waals surface area (Å²) in [7, 11) is 0. The maximum absolute atomic E-state index is 13.2. The molecule has 0 aliphatic heterocycles. The van der Waals surface area contributed by atoms with E-state index in [1.54, 1.807) is 6.92 Å². The lowest BCUT2D eigenvalue weighted by Gasteiger charge is -2.27. The molecule has 32 heavy (non-hydrogen) atoms. The van der Waals surface area contributed by atoms with Crippen LogP contribution >= 0.6 is 11.3 Å². The summed E-state index contributed by atoms with van der Waals surface area (Å²) in [6, 6.07) is 1.20. The zero-order chi connectivity index (χ0) is 23.3. The molecule has 0 spiro atoms. The van der Waals surface area contributed by atoms with Crippen molar-refractivity contribution in [3.8, 4) is 6.07 Å². The number of nitrogens with zero attached hydrogens (tertiary/aromatic N) is 3. The van der Waals surface area contributed by atoms with Crippen LogP contribution in [0.4, 0.5) is 5.82 Å². The van der Waals surface area contributed by atoms with Gasteiger partial charge in [-0.25, -0.2) is 9.78 Å². The van der Waals surface area contributed by atoms with Gasteiger partial charge in [-0.15, -0.1) is 11.3 Å². The van der Waals surface area contributed by atoms with Crippen molar-refractivity contribution in [3.05, 3.63) is 16.1 Å². The van der Waals surface area contributed by atoms with Crippen molar-refractivity contribution in [2.45, 2.75) is 57.7 Å². The van der Waals surface area contributed by atoms with E-state index in [1.165, 1.54) is 16.8 Å². The molecule has 172 valence electrons. The number of carbonyl (C=O) groups excluding carboxylic acids is 2. The van der Waals surface area contributed by atoms with Crippen molar-refractivity contribution in [2.75, 3.05) is 18.5 Å². The smallest absolute Gasteiger partial charge is 0.442 e. The molecule has 3 atom stereocenters. The van der Waals surface area contributed by atoms with Gasteiger partial charge in [0.25, 0.3) is 0 Å². The Morgan fingerprint density at radius 1 is 1.47 bits per heavy atom. The van der Waals surface area contributed by atoms with Gasteiger partial charge in [-0.3, -0.25) is 9.59 Å². The second-order valence-corrected chi connectivity index (χ2v) is 8.62. The number of nitriles is 1. The SMILES string of the molecule is CCOC(=O)C1CCC(C#N)(NC(=O)C(COC(C)C)Nc2nc(=O)oc3ncsc23)C1. The lowest BCUT2D eigenvalue weighted by Crippen LogP contribution is -2.53. The van der Waals surface area contributed by atoms with E-state index in [9.17, 15) is 19.6 Å². The van der Waals surface area contributed by atoms with Crippen LogP contribution in [0.15, 0.2) is 14.7 Å². The molecule has 2 heterocycles. The van der Waals surface area contributed by atoms with Gasteiger partial charge in [0, 0.05) is 0 Å². The highest BCUT2D eigenvalue weighted by Crippen LogP contribution is 2.35. The molecule has 3 unspecified atom stereocenters. The molecular weight excluding hydrogens is 438 g/mol. The Morgan fingerprint density at radius 2 is 2.25 bits per heavy atom. The summed E-state index contributed by atoms with van der Waals surface area (Å²) in [5, 5.41) is 15.5. The average molecular weight is 464 g/mol. The summed E-state index contributed by atoms with van der Waals surface area (Å²) in [5.41, 5.74) is 0.414. The van der Waals surface area contributed by atoms with Crippen molar-refractivity contribution in [2.24, 2.45) is 5.92 Å². The average Bonchev–Trinajstić information content (AvgIpc) is 3.38. The van der Waals surface area contributed by atoms with E-state index in [4.69, 9.17) is 13.9 Å². The van der Waals surface area contributed by atoms with E-state index in [0.29, 0.717) is 17.5 Å². The highest BCUT2D eigenvalue weighted by Gasteiger charge is 2.45. The summed E-state index contributed by atoms with van der Waals surface area (Å²) >= 11 is 1.20. The number of amides is 1. The molecule has 11 nitrogen and oxygen atoms in total. The quantitative estimate of drug-likeness (QED) is 0.523. The van der Waals surface area contributed by atoms with Crippen molar-refractivity contribution >= 4 is 39.4 Å². The normalized spacial score (nSPS) is 21.3. The summed E-state index contributed by atoms with van der Waals surface area (Å²) in [5.74, 6) is -2.04. The second-order valence-electron chi connectivity index (χ2n) is 7.77. The molecule has 1 aliphatic rings. The van der Waals surface area contributed by atoms with Gasteiger partial charge in [0.2, 0.25) is 11.6 Å². The molecule has 3 rings (SSSR count). The number of thiazole rings is 1. The van der Waals surface area contributed by atoms with Crippen LogP contribution in [-0.4, -0.2) is 52.7 Å². The zero-order valence-corrected chi connectivity index (χ0v) is 18.9. The number of rotatable bonds is 9. The van der Waals surface area contributed by atoms with Gasteiger partial charge in [0.05, 0.1) is 36.8 Å². The van der Waals surface area contributed by atoms with Crippen molar-refractivity contribution < 1.29 is 23.5 Å². The summed E-state index contributed by atoms with van der Waals surface area (Å²) in [6.45, 7) is 5.58. The lowest BCUT2D eigenvalue weighted by atomic mass is 9.97. The van der Waals surface area contributed by atoms with Gasteiger partial charge >= 0.3 is 11.7 Å². The Balaban J connectivity index is 1.80. The molecule has 0 aromatic carbocycles. The maximum atomic E-state index is 13.2. The molecule has 12 heteroatoms. The van der Waals surface area contributed by atoms with Gasteiger partial charge in [-0.2, -0.15) is 10.2 Å². The van der Waals surface area contributed by atoms with Gasteiger partial charge in [0.15, 0.2) is 5.82 Å². The molecule has 1 fully saturated rings. The molecule has 1 amide bonds. The molecule has 1 aliphatic carbocycles. The van der Waals surface area contributed by atoms with Crippen LogP contribution < -0.4 is 16.4 Å². The molecule has 0 saturated heterocycles. The minimum absolute atomic E-state index is 0.0332. The third-order valence-electron chi connectivity index (χ3n) is 5.07. The fourth-order valence-electron chi connectivity index (χ4n) is 3.52. The van der Waals surface area contributed by atoms with Crippen LogP contribution in [0, 0.1) is 17.2 Å².